The molecule has 0 aliphatic carbocycles. The first-order chi connectivity index (χ1) is 34.0. The monoisotopic (exact) mass is 972 g/mol. The lowest BCUT2D eigenvalue weighted by Gasteiger charge is -2.27. The number of allylic oxidation sites excluding steroid dienone is 6. The molecule has 0 aliphatic heterocycles. The molecule has 1 amide bonds. The van der Waals surface area contributed by atoms with E-state index < -0.39 is 36.9 Å². The molecule has 6 nitrogen and oxygen atoms in total. The normalized spacial score (nSPS) is 13.9. The van der Waals surface area contributed by atoms with Crippen molar-refractivity contribution in [1.29, 1.82) is 0 Å². The second-order valence-corrected chi connectivity index (χ2v) is 21.4. The van der Waals surface area contributed by atoms with Crippen LogP contribution in [0.15, 0.2) is 36.5 Å². The molecule has 408 valence electrons. The van der Waals surface area contributed by atoms with Gasteiger partial charge in [0.25, 0.3) is 0 Å². The highest BCUT2D eigenvalue weighted by molar-refractivity contribution is 5.80. The minimum Gasteiger partial charge on any atom is -0.394 e. The summed E-state index contributed by atoms with van der Waals surface area (Å²) in [7, 11) is 0. The predicted molar refractivity (Wildman–Crippen MR) is 302 cm³/mol. The van der Waals surface area contributed by atoms with Crippen LogP contribution in [0.4, 0.5) is 0 Å². The van der Waals surface area contributed by atoms with E-state index in [9.17, 15) is 25.2 Å². The third-order valence-electron chi connectivity index (χ3n) is 14.6. The lowest BCUT2D eigenvalue weighted by molar-refractivity contribution is -0.132. The predicted octanol–water partition coefficient (Wildman–Crippen LogP) is 18.4. The van der Waals surface area contributed by atoms with E-state index in [1.54, 1.807) is 0 Å². The zero-order valence-electron chi connectivity index (χ0n) is 46.3. The molecule has 0 bridgehead atoms. The summed E-state index contributed by atoms with van der Waals surface area (Å²) in [5.74, 6) is -0.595. The van der Waals surface area contributed by atoms with Crippen molar-refractivity contribution in [2.75, 3.05) is 6.61 Å². The van der Waals surface area contributed by atoms with E-state index in [2.05, 4.69) is 55.6 Å². The number of hydrogen-bond acceptors (Lipinski definition) is 5. The summed E-state index contributed by atoms with van der Waals surface area (Å²) in [6, 6.07) is -1.01. The van der Waals surface area contributed by atoms with Crippen molar-refractivity contribution in [3.8, 4) is 0 Å². The summed E-state index contributed by atoms with van der Waals surface area (Å²) in [4.78, 5) is 12.6. The summed E-state index contributed by atoms with van der Waals surface area (Å²) >= 11 is 0. The molecule has 6 heteroatoms. The molecular formula is C63H121NO5. The van der Waals surface area contributed by atoms with Crippen LogP contribution in [0.25, 0.3) is 0 Å². The van der Waals surface area contributed by atoms with Crippen molar-refractivity contribution >= 4 is 5.91 Å². The van der Waals surface area contributed by atoms with Crippen LogP contribution in [-0.2, 0) is 4.79 Å². The van der Waals surface area contributed by atoms with Crippen molar-refractivity contribution in [3.63, 3.8) is 0 Å². The molecule has 0 saturated heterocycles. The molecule has 0 aromatic rings. The number of aliphatic hydroxyl groups is 4. The Balaban J connectivity index is 3.65. The number of rotatable bonds is 57. The minimum atomic E-state index is -1.29. The van der Waals surface area contributed by atoms with Gasteiger partial charge in [0.2, 0.25) is 5.91 Å². The number of amides is 1. The largest absolute Gasteiger partial charge is 0.394 e. The minimum absolute atomic E-state index is 0.358. The van der Waals surface area contributed by atoms with E-state index >= 15 is 0 Å². The Bertz CT molecular complexity index is 1090. The number of nitrogens with one attached hydrogen (secondary N) is 1. The lowest BCUT2D eigenvalue weighted by atomic mass is 10.00. The number of hydrogen-bond donors (Lipinski definition) is 5. The average Bonchev–Trinajstić information content (AvgIpc) is 3.35. The maximum absolute atomic E-state index is 12.6. The van der Waals surface area contributed by atoms with Gasteiger partial charge < -0.3 is 25.7 Å². The van der Waals surface area contributed by atoms with Gasteiger partial charge in [-0.05, 0) is 77.0 Å². The van der Waals surface area contributed by atoms with Crippen LogP contribution in [0.2, 0.25) is 0 Å². The molecular weight excluding hydrogens is 851 g/mol. The lowest BCUT2D eigenvalue weighted by Crippen LogP contribution is -2.53. The van der Waals surface area contributed by atoms with Gasteiger partial charge in [-0.1, -0.05) is 288 Å². The molecule has 0 rings (SSSR count). The first-order valence-corrected chi connectivity index (χ1v) is 30.9. The van der Waals surface area contributed by atoms with E-state index in [-0.39, 0.29) is 0 Å². The van der Waals surface area contributed by atoms with Crippen LogP contribution in [0.5, 0.6) is 0 Å². The van der Waals surface area contributed by atoms with Gasteiger partial charge in [0.05, 0.1) is 18.8 Å². The third-order valence-corrected chi connectivity index (χ3v) is 14.6. The first kappa shape index (κ1) is 67.5. The number of carbonyl (C=O) groups excluding carboxylic acids is 1. The van der Waals surface area contributed by atoms with Crippen molar-refractivity contribution in [2.24, 2.45) is 0 Å². The van der Waals surface area contributed by atoms with Crippen LogP contribution in [-0.4, -0.2) is 57.3 Å². The Morgan fingerprint density at radius 3 is 0.913 bits per heavy atom. The van der Waals surface area contributed by atoms with Gasteiger partial charge >= 0.3 is 0 Å². The van der Waals surface area contributed by atoms with E-state index in [0.29, 0.717) is 19.3 Å². The molecule has 0 spiro atoms. The van der Waals surface area contributed by atoms with Crippen molar-refractivity contribution in [1.82, 2.24) is 5.32 Å². The van der Waals surface area contributed by atoms with Crippen LogP contribution in [0, 0.1) is 0 Å². The van der Waals surface area contributed by atoms with Gasteiger partial charge in [0.1, 0.15) is 12.2 Å². The molecule has 4 atom stereocenters. The van der Waals surface area contributed by atoms with Gasteiger partial charge in [0, 0.05) is 0 Å². The molecule has 0 aliphatic rings. The number of carbonyl (C=O) groups is 1. The summed E-state index contributed by atoms with van der Waals surface area (Å²) < 4.78 is 0. The molecule has 0 fully saturated rings. The standard InChI is InChI=1S/C63H121NO5/c1-3-5-7-9-11-13-15-17-19-21-23-25-27-29-30-31-33-34-36-38-40-42-44-46-48-50-52-54-56-60(66)62(68)59(58-65)64-63(69)61(67)57-55-53-51-49-47-45-43-41-39-37-35-32-28-26-24-22-20-18-16-14-12-10-8-6-4-2/h32,35,40,42,48,50,59-62,65-68H,3-31,33-34,36-39,41,43-47,49,51-58H2,1-2H3,(H,64,69)/b35-32-,42-40+,50-48+. The van der Waals surface area contributed by atoms with Gasteiger partial charge in [-0.15, -0.1) is 0 Å². The summed E-state index contributed by atoms with van der Waals surface area (Å²) in [6.07, 6.45) is 72.4. The molecule has 0 saturated carbocycles. The fourth-order valence-corrected chi connectivity index (χ4v) is 9.71. The van der Waals surface area contributed by atoms with Gasteiger partial charge in [-0.2, -0.15) is 0 Å². The highest BCUT2D eigenvalue weighted by Crippen LogP contribution is 2.18. The molecule has 69 heavy (non-hydrogen) atoms. The molecule has 4 unspecified atom stereocenters. The first-order valence-electron chi connectivity index (χ1n) is 30.9. The second-order valence-electron chi connectivity index (χ2n) is 21.4. The Kier molecular flexibility index (Phi) is 56.2. The molecule has 0 radical (unpaired) electrons. The summed E-state index contributed by atoms with van der Waals surface area (Å²) in [5, 5.41) is 44.0. The number of aliphatic hydroxyl groups excluding tert-OH is 4. The zero-order chi connectivity index (χ0) is 50.2. The Morgan fingerprint density at radius 2 is 0.609 bits per heavy atom. The van der Waals surface area contributed by atoms with Crippen LogP contribution < -0.4 is 5.32 Å². The Hall–Kier alpha value is -1.47. The maximum atomic E-state index is 12.6. The fourth-order valence-electron chi connectivity index (χ4n) is 9.71. The summed E-state index contributed by atoms with van der Waals surface area (Å²) in [5.41, 5.74) is 0. The zero-order valence-corrected chi connectivity index (χ0v) is 46.3. The van der Waals surface area contributed by atoms with Crippen LogP contribution in [0.3, 0.4) is 0 Å². The van der Waals surface area contributed by atoms with Crippen LogP contribution in [0.1, 0.15) is 328 Å². The molecule has 0 aromatic carbocycles. The second kappa shape index (κ2) is 57.4. The average molecular weight is 973 g/mol. The molecule has 0 heterocycles. The highest BCUT2D eigenvalue weighted by Gasteiger charge is 2.28. The van der Waals surface area contributed by atoms with E-state index in [4.69, 9.17) is 0 Å². The fraction of sp³-hybridized carbons (Fsp3) is 0.889. The molecule has 5 N–H and O–H groups in total. The summed E-state index contributed by atoms with van der Waals surface area (Å²) in [6.45, 7) is 4.08. The van der Waals surface area contributed by atoms with E-state index in [0.717, 1.165) is 38.5 Å². The topological polar surface area (TPSA) is 110 Å². The Labute approximate surface area is 430 Å². The van der Waals surface area contributed by atoms with Gasteiger partial charge in [-0.3, -0.25) is 4.79 Å². The van der Waals surface area contributed by atoms with Crippen molar-refractivity contribution in [3.05, 3.63) is 36.5 Å². The third kappa shape index (κ3) is 51.2. The quantitative estimate of drug-likeness (QED) is 0.0308. The van der Waals surface area contributed by atoms with E-state index in [1.807, 2.05) is 0 Å². The van der Waals surface area contributed by atoms with E-state index in [1.165, 1.54) is 257 Å². The molecule has 0 aromatic heterocycles. The van der Waals surface area contributed by atoms with Gasteiger partial charge in [0.15, 0.2) is 0 Å². The van der Waals surface area contributed by atoms with Crippen LogP contribution >= 0.6 is 0 Å². The van der Waals surface area contributed by atoms with Gasteiger partial charge in [-0.25, -0.2) is 0 Å². The van der Waals surface area contributed by atoms with Crippen molar-refractivity contribution < 1.29 is 25.2 Å². The smallest absolute Gasteiger partial charge is 0.249 e. The van der Waals surface area contributed by atoms with Crippen molar-refractivity contribution in [2.45, 2.75) is 353 Å². The SMILES string of the molecule is CCCCCCCCCCCCCC/C=C\CCCCCCCCCCCC(O)C(=O)NC(CO)C(O)C(O)CCC/C=C/CC/C=C/CCCCCCCCCCCCCCCCCCCCC. The highest BCUT2D eigenvalue weighted by atomic mass is 16.3. The Morgan fingerprint density at radius 1 is 0.348 bits per heavy atom. The maximum Gasteiger partial charge on any atom is 0.249 e. The number of unbranched alkanes of at least 4 members (excludes halogenated alkanes) is 42.